The van der Waals surface area contributed by atoms with E-state index in [-0.39, 0.29) is 11.5 Å². The maximum Gasteiger partial charge on any atom is 0.272 e. The molecule has 2 aromatic rings. The highest BCUT2D eigenvalue weighted by Gasteiger charge is 2.54. The van der Waals surface area contributed by atoms with E-state index in [0.29, 0.717) is 37.9 Å². The maximum atomic E-state index is 12.6. The van der Waals surface area contributed by atoms with Gasteiger partial charge >= 0.3 is 0 Å². The number of aromatic nitrogens is 2. The smallest absolute Gasteiger partial charge is 0.272 e. The van der Waals surface area contributed by atoms with Crippen LogP contribution in [0.25, 0.3) is 0 Å². The summed E-state index contributed by atoms with van der Waals surface area (Å²) in [4.78, 5) is 22.8. The van der Waals surface area contributed by atoms with Crippen LogP contribution in [-0.4, -0.2) is 52.7 Å². The Labute approximate surface area is 159 Å². The highest BCUT2D eigenvalue weighted by molar-refractivity contribution is 5.93. The van der Waals surface area contributed by atoms with E-state index >= 15 is 0 Å². The summed E-state index contributed by atoms with van der Waals surface area (Å²) in [6, 6.07) is 9.49. The predicted molar refractivity (Wildman–Crippen MR) is 100 cm³/mol. The standard InChI is InChI=1S/C21H25N3O3/c1-16-3-2-4-19(23-16)20(25)24-14-21(15-24)18(8-12-27-21)7-11-26-13-17-5-9-22-10-6-17/h2-6,9-10,18H,7-8,11-15H2,1H3/t18-/m0/s1. The predicted octanol–water partition coefficient (Wildman–Crippen LogP) is 2.62. The van der Waals surface area contributed by atoms with E-state index in [0.717, 1.165) is 30.7 Å². The van der Waals surface area contributed by atoms with Crippen LogP contribution in [-0.2, 0) is 16.1 Å². The van der Waals surface area contributed by atoms with E-state index in [9.17, 15) is 4.79 Å². The number of nitrogens with zero attached hydrogens (tertiary/aromatic N) is 3. The molecule has 0 aliphatic carbocycles. The van der Waals surface area contributed by atoms with E-state index < -0.39 is 0 Å². The van der Waals surface area contributed by atoms with Crippen molar-refractivity contribution in [1.82, 2.24) is 14.9 Å². The van der Waals surface area contributed by atoms with Crippen LogP contribution >= 0.6 is 0 Å². The highest BCUT2D eigenvalue weighted by atomic mass is 16.5. The normalized spacial score (nSPS) is 20.6. The van der Waals surface area contributed by atoms with Crippen molar-refractivity contribution >= 4 is 5.91 Å². The molecule has 0 aromatic carbocycles. The minimum Gasteiger partial charge on any atom is -0.377 e. The number of pyridine rings is 2. The first kappa shape index (κ1) is 18.1. The Balaban J connectivity index is 1.27. The van der Waals surface area contributed by atoms with Crippen LogP contribution in [0.3, 0.4) is 0 Å². The topological polar surface area (TPSA) is 64.6 Å². The van der Waals surface area contributed by atoms with E-state index in [4.69, 9.17) is 9.47 Å². The quantitative estimate of drug-likeness (QED) is 0.735. The third-order valence-electron chi connectivity index (χ3n) is 5.54. The first-order chi connectivity index (χ1) is 13.2. The van der Waals surface area contributed by atoms with Gasteiger partial charge in [-0.15, -0.1) is 0 Å². The van der Waals surface area contributed by atoms with E-state index in [2.05, 4.69) is 9.97 Å². The van der Waals surface area contributed by atoms with Gasteiger partial charge in [0.05, 0.1) is 19.7 Å². The lowest BCUT2D eigenvalue weighted by atomic mass is 9.79. The monoisotopic (exact) mass is 367 g/mol. The number of carbonyl (C=O) groups excluding carboxylic acids is 1. The van der Waals surface area contributed by atoms with Crippen LogP contribution in [0.5, 0.6) is 0 Å². The molecule has 0 radical (unpaired) electrons. The molecule has 2 fully saturated rings. The van der Waals surface area contributed by atoms with Gasteiger partial charge in [-0.25, -0.2) is 4.98 Å². The molecule has 27 heavy (non-hydrogen) atoms. The Bertz CT molecular complexity index is 790. The van der Waals surface area contributed by atoms with Crippen molar-refractivity contribution in [3.8, 4) is 0 Å². The van der Waals surface area contributed by atoms with E-state index in [1.54, 1.807) is 18.5 Å². The summed E-state index contributed by atoms with van der Waals surface area (Å²) in [6.45, 7) is 5.27. The van der Waals surface area contributed by atoms with Crippen molar-refractivity contribution in [3.63, 3.8) is 0 Å². The zero-order valence-corrected chi connectivity index (χ0v) is 15.6. The molecule has 6 nitrogen and oxygen atoms in total. The number of aryl methyl sites for hydroxylation is 1. The molecule has 4 rings (SSSR count). The molecule has 0 unspecified atom stereocenters. The third-order valence-corrected chi connectivity index (χ3v) is 5.54. The van der Waals surface area contributed by atoms with Crippen molar-refractivity contribution in [2.75, 3.05) is 26.3 Å². The molecular weight excluding hydrogens is 342 g/mol. The summed E-state index contributed by atoms with van der Waals surface area (Å²) in [5.41, 5.74) is 2.31. The molecule has 2 aliphatic heterocycles. The second-order valence-corrected chi connectivity index (χ2v) is 7.42. The largest absolute Gasteiger partial charge is 0.377 e. The van der Waals surface area contributed by atoms with Gasteiger partial charge in [0.2, 0.25) is 0 Å². The van der Waals surface area contributed by atoms with Crippen molar-refractivity contribution in [2.45, 2.75) is 32.0 Å². The molecule has 2 aromatic heterocycles. The summed E-state index contributed by atoms with van der Waals surface area (Å²) in [5.74, 6) is 0.428. The molecule has 6 heteroatoms. The average Bonchev–Trinajstić information content (AvgIpc) is 3.08. The number of rotatable bonds is 6. The van der Waals surface area contributed by atoms with Crippen molar-refractivity contribution in [3.05, 3.63) is 59.7 Å². The summed E-state index contributed by atoms with van der Waals surface area (Å²) in [5, 5.41) is 0. The van der Waals surface area contributed by atoms with Gasteiger partial charge in [-0.2, -0.15) is 0 Å². The number of hydrogen-bond acceptors (Lipinski definition) is 5. The Hall–Kier alpha value is -2.31. The van der Waals surface area contributed by atoms with Crippen LogP contribution in [0.1, 0.15) is 34.6 Å². The van der Waals surface area contributed by atoms with Gasteiger partial charge in [-0.05, 0) is 55.5 Å². The van der Waals surface area contributed by atoms with Gasteiger partial charge in [0.15, 0.2) is 0 Å². The molecule has 2 saturated heterocycles. The number of ether oxygens (including phenoxy) is 2. The lowest BCUT2D eigenvalue weighted by Crippen LogP contribution is -2.66. The molecular formula is C21H25N3O3. The zero-order chi connectivity index (χ0) is 18.7. The van der Waals surface area contributed by atoms with Crippen LogP contribution in [0.2, 0.25) is 0 Å². The van der Waals surface area contributed by atoms with Gasteiger partial charge in [0, 0.05) is 31.3 Å². The number of likely N-dealkylation sites (tertiary alicyclic amines) is 1. The van der Waals surface area contributed by atoms with Crippen LogP contribution in [0.15, 0.2) is 42.7 Å². The number of amides is 1. The third kappa shape index (κ3) is 3.87. The zero-order valence-electron chi connectivity index (χ0n) is 15.6. The highest BCUT2D eigenvalue weighted by Crippen LogP contribution is 2.42. The molecule has 1 atom stereocenters. The van der Waals surface area contributed by atoms with Gasteiger partial charge in [0.25, 0.3) is 5.91 Å². The molecule has 142 valence electrons. The van der Waals surface area contributed by atoms with Gasteiger partial charge in [-0.1, -0.05) is 6.07 Å². The summed E-state index contributed by atoms with van der Waals surface area (Å²) < 4.78 is 11.9. The first-order valence-corrected chi connectivity index (χ1v) is 9.50. The molecule has 0 bridgehead atoms. The molecule has 0 N–H and O–H groups in total. The Kier molecular flexibility index (Phi) is 5.18. The Morgan fingerprint density at radius 1 is 1.30 bits per heavy atom. The van der Waals surface area contributed by atoms with E-state index in [1.807, 2.05) is 36.1 Å². The van der Waals surface area contributed by atoms with Crippen LogP contribution < -0.4 is 0 Å². The fourth-order valence-electron chi connectivity index (χ4n) is 4.00. The molecule has 1 spiro atoms. The SMILES string of the molecule is Cc1cccc(C(=O)N2CC3(C2)OCC[C@@H]3CCOCc2ccncc2)n1. The lowest BCUT2D eigenvalue weighted by Gasteiger charge is -2.50. The molecule has 4 heterocycles. The Morgan fingerprint density at radius 2 is 2.11 bits per heavy atom. The number of carbonyl (C=O) groups is 1. The first-order valence-electron chi connectivity index (χ1n) is 9.50. The fourth-order valence-corrected chi connectivity index (χ4v) is 4.00. The fraction of sp³-hybridized carbons (Fsp3) is 0.476. The maximum absolute atomic E-state index is 12.6. The second kappa shape index (κ2) is 7.74. The molecule has 2 aliphatic rings. The van der Waals surface area contributed by atoms with E-state index in [1.165, 1.54) is 0 Å². The van der Waals surface area contributed by atoms with Crippen molar-refractivity contribution in [2.24, 2.45) is 5.92 Å². The molecule has 0 saturated carbocycles. The summed E-state index contributed by atoms with van der Waals surface area (Å²) >= 11 is 0. The van der Waals surface area contributed by atoms with Crippen LogP contribution in [0, 0.1) is 12.8 Å². The van der Waals surface area contributed by atoms with Crippen molar-refractivity contribution in [1.29, 1.82) is 0 Å². The van der Waals surface area contributed by atoms with Gasteiger partial charge in [-0.3, -0.25) is 9.78 Å². The minimum atomic E-state index is -0.195. The average molecular weight is 367 g/mol. The lowest BCUT2D eigenvalue weighted by molar-refractivity contribution is -0.120. The summed E-state index contributed by atoms with van der Waals surface area (Å²) in [6.07, 6.45) is 5.54. The van der Waals surface area contributed by atoms with Crippen LogP contribution in [0.4, 0.5) is 0 Å². The number of hydrogen-bond donors (Lipinski definition) is 0. The Morgan fingerprint density at radius 3 is 2.89 bits per heavy atom. The van der Waals surface area contributed by atoms with Gasteiger partial charge in [0.1, 0.15) is 11.3 Å². The summed E-state index contributed by atoms with van der Waals surface area (Å²) in [7, 11) is 0. The molecule has 1 amide bonds. The minimum absolute atomic E-state index is 0.00693. The second-order valence-electron chi connectivity index (χ2n) is 7.42. The van der Waals surface area contributed by atoms with Gasteiger partial charge < -0.3 is 14.4 Å². The van der Waals surface area contributed by atoms with Crippen molar-refractivity contribution < 1.29 is 14.3 Å².